The number of nitrogen functional groups attached to an aromatic ring is 1. The molecule has 184 valence electrons. The Hall–Kier alpha value is -4.08. The molecule has 0 bridgehead atoms. The Balaban J connectivity index is 1.79. The molecule has 1 atom stereocenters. The highest BCUT2D eigenvalue weighted by atomic mass is 16.5. The van der Waals surface area contributed by atoms with Crippen molar-refractivity contribution in [2.75, 3.05) is 12.4 Å². The van der Waals surface area contributed by atoms with Gasteiger partial charge in [0, 0.05) is 6.54 Å². The maximum atomic E-state index is 13.4. The van der Waals surface area contributed by atoms with E-state index >= 15 is 0 Å². The van der Waals surface area contributed by atoms with Crippen molar-refractivity contribution >= 4 is 11.7 Å². The van der Waals surface area contributed by atoms with Crippen LogP contribution in [0, 0.1) is 18.8 Å². The molecule has 1 heterocycles. The maximum absolute atomic E-state index is 13.4. The second-order valence-electron chi connectivity index (χ2n) is 9.02. The highest BCUT2D eigenvalue weighted by Gasteiger charge is 2.22. The predicted octanol–water partition coefficient (Wildman–Crippen LogP) is 1.62. The van der Waals surface area contributed by atoms with Crippen LogP contribution < -0.4 is 27.6 Å². The van der Waals surface area contributed by atoms with Gasteiger partial charge in [0.15, 0.2) is 0 Å². The number of carboxylic acids is 1. The van der Waals surface area contributed by atoms with Crippen molar-refractivity contribution in [1.82, 2.24) is 13.8 Å². The van der Waals surface area contributed by atoms with Crippen LogP contribution >= 0.6 is 0 Å². The topological polar surface area (TPSA) is 134 Å². The van der Waals surface area contributed by atoms with E-state index < -0.39 is 23.3 Å². The number of carbonyl (C=O) groups is 1. The summed E-state index contributed by atoms with van der Waals surface area (Å²) in [5, 5.41) is 9.28. The Labute approximate surface area is 201 Å². The molecule has 10 heteroatoms. The zero-order valence-electron chi connectivity index (χ0n) is 19.8. The number of ether oxygens (including phenoxy) is 1. The first-order chi connectivity index (χ1) is 16.7. The van der Waals surface area contributed by atoms with Crippen LogP contribution in [-0.4, -0.2) is 31.5 Å². The van der Waals surface area contributed by atoms with Crippen molar-refractivity contribution in [2.45, 2.75) is 39.8 Å². The Morgan fingerprint density at radius 1 is 1.09 bits per heavy atom. The molecule has 3 aromatic rings. The summed E-state index contributed by atoms with van der Waals surface area (Å²) in [4.78, 5) is 42.2. The molecule has 1 aromatic heterocycles. The van der Waals surface area contributed by atoms with Crippen molar-refractivity contribution in [1.29, 1.82) is 0 Å². The second-order valence-corrected chi connectivity index (χ2v) is 9.02. The van der Waals surface area contributed by atoms with E-state index in [1.54, 1.807) is 24.3 Å². The van der Waals surface area contributed by atoms with Gasteiger partial charge in [0.1, 0.15) is 5.75 Å². The summed E-state index contributed by atoms with van der Waals surface area (Å²) in [5.74, 6) is 5.37. The molecule has 1 aliphatic carbocycles. The third-order valence-electron chi connectivity index (χ3n) is 5.94. The number of aryl methyl sites for hydroxylation is 1. The average Bonchev–Trinajstić information content (AvgIpc) is 3.67. The van der Waals surface area contributed by atoms with Crippen LogP contribution in [0.4, 0.5) is 5.69 Å². The first kappa shape index (κ1) is 24.1. The number of nitrogens with two attached hydrogens (primary N) is 1. The fourth-order valence-corrected chi connectivity index (χ4v) is 3.53. The number of aliphatic carboxylic acids is 1. The minimum Gasteiger partial charge on any atom is -0.493 e. The standard InChI is InChI=1S/C25H29N5O5/c1-16-3-5-18(6-4-16)14-28-23(27-20-9-11-21(12-10-20)35-15-19-7-8-19)30(26)25(34)29(24(28)33)13-17(2)22(31)32/h3-6,9-12,17,19H,7-8,13-15,26H2,1-2H3,(H,31,32)/b27-23-/t17-/m0/s1. The van der Waals surface area contributed by atoms with E-state index in [1.165, 1.54) is 24.3 Å². The van der Waals surface area contributed by atoms with E-state index in [-0.39, 0.29) is 18.7 Å². The smallest absolute Gasteiger partial charge is 0.353 e. The highest BCUT2D eigenvalue weighted by Crippen LogP contribution is 2.29. The van der Waals surface area contributed by atoms with Gasteiger partial charge in [-0.3, -0.25) is 9.36 Å². The minimum absolute atomic E-state index is 0.0496. The number of hydrogen-bond donors (Lipinski definition) is 2. The van der Waals surface area contributed by atoms with Crippen molar-refractivity contribution < 1.29 is 14.6 Å². The lowest BCUT2D eigenvalue weighted by atomic mass is 10.1. The molecule has 10 nitrogen and oxygen atoms in total. The number of carboxylic acid groups (broad SMARTS) is 1. The van der Waals surface area contributed by atoms with E-state index in [1.807, 2.05) is 31.2 Å². The lowest BCUT2D eigenvalue weighted by Crippen LogP contribution is -2.58. The van der Waals surface area contributed by atoms with E-state index in [0.29, 0.717) is 24.0 Å². The molecular weight excluding hydrogens is 450 g/mol. The van der Waals surface area contributed by atoms with Crippen LogP contribution in [0.25, 0.3) is 0 Å². The van der Waals surface area contributed by atoms with E-state index in [2.05, 4.69) is 4.99 Å². The first-order valence-electron chi connectivity index (χ1n) is 11.5. The lowest BCUT2D eigenvalue weighted by Gasteiger charge is -2.15. The van der Waals surface area contributed by atoms with Gasteiger partial charge in [0.2, 0.25) is 5.62 Å². The fraction of sp³-hybridized carbons (Fsp3) is 0.360. The van der Waals surface area contributed by atoms with Crippen LogP contribution in [0.15, 0.2) is 63.1 Å². The SMILES string of the molecule is Cc1ccc(Cn2c(=O)n(C[C@H](C)C(=O)O)c(=O)n(N)/c2=N\c2ccc(OCC3CC3)cc2)cc1. The van der Waals surface area contributed by atoms with Crippen molar-refractivity contribution in [3.8, 4) is 5.75 Å². The molecule has 0 radical (unpaired) electrons. The molecule has 2 aromatic carbocycles. The zero-order chi connectivity index (χ0) is 25.1. The summed E-state index contributed by atoms with van der Waals surface area (Å²) in [7, 11) is 0. The van der Waals surface area contributed by atoms with Crippen LogP contribution in [-0.2, 0) is 17.9 Å². The van der Waals surface area contributed by atoms with Crippen LogP contribution in [0.2, 0.25) is 0 Å². The highest BCUT2D eigenvalue weighted by molar-refractivity contribution is 5.69. The zero-order valence-corrected chi connectivity index (χ0v) is 19.8. The summed E-state index contributed by atoms with van der Waals surface area (Å²) < 4.78 is 8.64. The molecule has 0 saturated heterocycles. The molecule has 0 unspecified atom stereocenters. The van der Waals surface area contributed by atoms with Gasteiger partial charge in [0.25, 0.3) is 0 Å². The molecule has 1 saturated carbocycles. The molecule has 35 heavy (non-hydrogen) atoms. The van der Waals surface area contributed by atoms with Gasteiger partial charge in [0.05, 0.1) is 24.8 Å². The summed E-state index contributed by atoms with van der Waals surface area (Å²) in [6, 6.07) is 14.6. The van der Waals surface area contributed by atoms with Gasteiger partial charge in [-0.15, -0.1) is 0 Å². The van der Waals surface area contributed by atoms with Crippen LogP contribution in [0.1, 0.15) is 30.9 Å². The number of aromatic nitrogens is 3. The van der Waals surface area contributed by atoms with Gasteiger partial charge in [-0.1, -0.05) is 36.8 Å². The molecule has 0 aliphatic heterocycles. The summed E-state index contributed by atoms with van der Waals surface area (Å²) >= 11 is 0. The molecular formula is C25H29N5O5. The fourth-order valence-electron chi connectivity index (χ4n) is 3.53. The summed E-state index contributed by atoms with van der Waals surface area (Å²) in [5.41, 5.74) is 0.765. The monoisotopic (exact) mass is 479 g/mol. The molecule has 0 amide bonds. The quantitative estimate of drug-likeness (QED) is 0.448. The Morgan fingerprint density at radius 2 is 1.74 bits per heavy atom. The van der Waals surface area contributed by atoms with Crippen LogP contribution in [0.3, 0.4) is 0 Å². The summed E-state index contributed by atoms with van der Waals surface area (Å²) in [6.07, 6.45) is 2.39. The van der Waals surface area contributed by atoms with Crippen LogP contribution in [0.5, 0.6) is 5.75 Å². The van der Waals surface area contributed by atoms with Crippen molar-refractivity contribution in [3.63, 3.8) is 0 Å². The molecule has 0 spiro atoms. The van der Waals surface area contributed by atoms with E-state index in [9.17, 15) is 19.5 Å². The molecule has 4 rings (SSSR count). The second kappa shape index (κ2) is 10.0. The van der Waals surface area contributed by atoms with E-state index in [4.69, 9.17) is 10.6 Å². The third kappa shape index (κ3) is 5.71. The number of hydrogen-bond acceptors (Lipinski definition) is 6. The van der Waals surface area contributed by atoms with Crippen molar-refractivity contribution in [2.24, 2.45) is 16.8 Å². The maximum Gasteiger partial charge on any atom is 0.353 e. The summed E-state index contributed by atoms with van der Waals surface area (Å²) in [6.45, 7) is 3.84. The average molecular weight is 480 g/mol. The van der Waals surface area contributed by atoms with E-state index in [0.717, 1.165) is 20.4 Å². The number of nitrogens with zero attached hydrogens (tertiary/aromatic N) is 4. The van der Waals surface area contributed by atoms with Gasteiger partial charge < -0.3 is 15.7 Å². The lowest BCUT2D eigenvalue weighted by molar-refractivity contribution is -0.141. The third-order valence-corrected chi connectivity index (χ3v) is 5.94. The molecule has 1 aliphatic rings. The van der Waals surface area contributed by atoms with Crippen molar-refractivity contribution in [3.05, 3.63) is 86.2 Å². The Bertz CT molecular complexity index is 1400. The minimum atomic E-state index is -1.12. The number of rotatable bonds is 9. The van der Waals surface area contributed by atoms with Gasteiger partial charge in [-0.2, -0.15) is 4.68 Å². The van der Waals surface area contributed by atoms with Gasteiger partial charge >= 0.3 is 17.3 Å². The molecule has 1 fully saturated rings. The molecule has 3 N–H and O–H groups in total. The van der Waals surface area contributed by atoms with Gasteiger partial charge in [-0.25, -0.2) is 19.1 Å². The number of benzene rings is 2. The largest absolute Gasteiger partial charge is 0.493 e. The first-order valence-corrected chi connectivity index (χ1v) is 11.5. The Kier molecular flexibility index (Phi) is 6.90. The normalized spacial score (nSPS) is 14.6. The van der Waals surface area contributed by atoms with Gasteiger partial charge in [-0.05, 0) is 55.5 Å². The Morgan fingerprint density at radius 3 is 2.34 bits per heavy atom. The predicted molar refractivity (Wildman–Crippen MR) is 130 cm³/mol.